The van der Waals surface area contributed by atoms with Crippen molar-refractivity contribution < 1.29 is 4.79 Å². The Morgan fingerprint density at radius 2 is 1.62 bits per heavy atom. The number of carbonyl (C=O) groups is 1. The van der Waals surface area contributed by atoms with Crippen LogP contribution in [0, 0.1) is 0 Å². The fourth-order valence-corrected chi connectivity index (χ4v) is 3.33. The lowest BCUT2D eigenvalue weighted by Crippen LogP contribution is -2.49. The Morgan fingerprint density at radius 3 is 2.29 bits per heavy atom. The summed E-state index contributed by atoms with van der Waals surface area (Å²) in [5, 5.41) is 6.73. The molecule has 1 saturated heterocycles. The van der Waals surface area contributed by atoms with Crippen molar-refractivity contribution in [1.29, 1.82) is 0 Å². The first kappa shape index (κ1) is 14.2. The van der Waals surface area contributed by atoms with E-state index in [9.17, 15) is 4.79 Å². The maximum absolute atomic E-state index is 12.2. The molecule has 114 valence electrons. The molecule has 2 aliphatic rings. The van der Waals surface area contributed by atoms with Gasteiger partial charge < -0.3 is 15.5 Å². The van der Waals surface area contributed by atoms with Crippen LogP contribution >= 0.6 is 0 Å². The van der Waals surface area contributed by atoms with Crippen molar-refractivity contribution in [2.45, 2.75) is 50.6 Å². The Hall–Kier alpha value is -1.71. The molecule has 1 aliphatic heterocycles. The van der Waals surface area contributed by atoms with Crippen LogP contribution in [0.5, 0.6) is 0 Å². The Bertz CT molecular complexity index is 448. The summed E-state index contributed by atoms with van der Waals surface area (Å²) in [5.41, 5.74) is 1.17. The molecule has 21 heavy (non-hydrogen) atoms. The van der Waals surface area contributed by atoms with E-state index in [1.807, 2.05) is 23.1 Å². The third kappa shape index (κ3) is 3.90. The number of likely N-dealkylation sites (tertiary alicyclic amines) is 1. The molecule has 0 aromatic heterocycles. The molecule has 2 N–H and O–H groups in total. The highest BCUT2D eigenvalue weighted by Crippen LogP contribution is 2.19. The number of para-hydroxylation sites is 1. The predicted molar refractivity (Wildman–Crippen MR) is 85.4 cm³/mol. The van der Waals surface area contributed by atoms with E-state index in [-0.39, 0.29) is 6.03 Å². The molecule has 1 aromatic carbocycles. The summed E-state index contributed by atoms with van der Waals surface area (Å²) < 4.78 is 0. The lowest BCUT2D eigenvalue weighted by atomic mass is 10.0. The first-order valence-electron chi connectivity index (χ1n) is 8.18. The number of amides is 2. The Morgan fingerprint density at radius 1 is 0.952 bits per heavy atom. The van der Waals surface area contributed by atoms with Gasteiger partial charge in [0.1, 0.15) is 0 Å². The number of benzene rings is 1. The third-order valence-corrected chi connectivity index (χ3v) is 4.61. The minimum Gasteiger partial charge on any atom is -0.382 e. The second-order valence-electron chi connectivity index (χ2n) is 6.20. The van der Waals surface area contributed by atoms with Gasteiger partial charge in [0.2, 0.25) is 0 Å². The first-order valence-corrected chi connectivity index (χ1v) is 8.18. The van der Waals surface area contributed by atoms with E-state index in [0.717, 1.165) is 38.8 Å². The van der Waals surface area contributed by atoms with Crippen LogP contribution < -0.4 is 10.6 Å². The number of piperidine rings is 1. The molecule has 1 aromatic rings. The highest BCUT2D eigenvalue weighted by molar-refractivity contribution is 5.74. The van der Waals surface area contributed by atoms with E-state index in [1.165, 1.54) is 18.5 Å². The topological polar surface area (TPSA) is 44.4 Å². The van der Waals surface area contributed by atoms with Gasteiger partial charge in [0.25, 0.3) is 0 Å². The molecular weight excluding hydrogens is 262 g/mol. The fraction of sp³-hybridized carbons (Fsp3) is 0.588. The van der Waals surface area contributed by atoms with Gasteiger partial charge in [-0.2, -0.15) is 0 Å². The van der Waals surface area contributed by atoms with Gasteiger partial charge in [0.15, 0.2) is 0 Å². The van der Waals surface area contributed by atoms with E-state index in [4.69, 9.17) is 0 Å². The largest absolute Gasteiger partial charge is 0.382 e. The second kappa shape index (κ2) is 6.83. The maximum atomic E-state index is 12.2. The number of hydrogen-bond acceptors (Lipinski definition) is 2. The molecule has 4 heteroatoms. The van der Waals surface area contributed by atoms with E-state index < -0.39 is 0 Å². The molecule has 0 bridgehead atoms. The standard InChI is InChI=1S/C17H25N3O/c21-17(19-15-8-4-5-9-15)20-12-10-16(11-13-20)18-14-6-2-1-3-7-14/h1-3,6-7,15-16,18H,4-5,8-13H2,(H,19,21). The van der Waals surface area contributed by atoms with Gasteiger partial charge >= 0.3 is 6.03 Å². The van der Waals surface area contributed by atoms with Crippen LogP contribution in [0.25, 0.3) is 0 Å². The summed E-state index contributed by atoms with van der Waals surface area (Å²) >= 11 is 0. The van der Waals surface area contributed by atoms with Crippen molar-refractivity contribution in [2.75, 3.05) is 18.4 Å². The minimum atomic E-state index is 0.139. The molecule has 1 saturated carbocycles. The van der Waals surface area contributed by atoms with Gasteiger partial charge in [-0.15, -0.1) is 0 Å². The van der Waals surface area contributed by atoms with Crippen LogP contribution in [0.15, 0.2) is 30.3 Å². The summed E-state index contributed by atoms with van der Waals surface area (Å²) in [6.07, 6.45) is 6.86. The molecule has 0 unspecified atom stereocenters. The van der Waals surface area contributed by atoms with Crippen LogP contribution in [-0.2, 0) is 0 Å². The van der Waals surface area contributed by atoms with Gasteiger partial charge in [-0.1, -0.05) is 31.0 Å². The highest BCUT2D eigenvalue weighted by atomic mass is 16.2. The molecule has 4 nitrogen and oxygen atoms in total. The van der Waals surface area contributed by atoms with Crippen LogP contribution in [0.1, 0.15) is 38.5 Å². The molecular formula is C17H25N3O. The minimum absolute atomic E-state index is 0.139. The van der Waals surface area contributed by atoms with E-state index in [1.54, 1.807) is 0 Å². The van der Waals surface area contributed by atoms with Crippen molar-refractivity contribution >= 4 is 11.7 Å². The molecule has 1 heterocycles. The second-order valence-corrected chi connectivity index (χ2v) is 6.20. The van der Waals surface area contributed by atoms with Crippen LogP contribution in [-0.4, -0.2) is 36.1 Å². The number of rotatable bonds is 3. The van der Waals surface area contributed by atoms with Crippen molar-refractivity contribution in [1.82, 2.24) is 10.2 Å². The highest BCUT2D eigenvalue weighted by Gasteiger charge is 2.25. The molecule has 1 aliphatic carbocycles. The number of anilines is 1. The summed E-state index contributed by atoms with van der Waals surface area (Å²) in [7, 11) is 0. The molecule has 3 rings (SSSR count). The normalized spacial score (nSPS) is 20.5. The molecule has 0 atom stereocenters. The fourth-order valence-electron chi connectivity index (χ4n) is 3.33. The van der Waals surface area contributed by atoms with Crippen molar-refractivity contribution in [2.24, 2.45) is 0 Å². The number of hydrogen-bond donors (Lipinski definition) is 2. The van der Waals surface area contributed by atoms with Crippen LogP contribution in [0.4, 0.5) is 10.5 Å². The van der Waals surface area contributed by atoms with E-state index in [2.05, 4.69) is 22.8 Å². The summed E-state index contributed by atoms with van der Waals surface area (Å²) in [6.45, 7) is 1.70. The van der Waals surface area contributed by atoms with Crippen LogP contribution in [0.2, 0.25) is 0 Å². The lowest BCUT2D eigenvalue weighted by molar-refractivity contribution is 0.180. The summed E-state index contributed by atoms with van der Waals surface area (Å²) in [6, 6.07) is 11.3. The maximum Gasteiger partial charge on any atom is 0.317 e. The van der Waals surface area contributed by atoms with Gasteiger partial charge in [-0.25, -0.2) is 4.79 Å². The van der Waals surface area contributed by atoms with Crippen molar-refractivity contribution in [3.8, 4) is 0 Å². The summed E-state index contributed by atoms with van der Waals surface area (Å²) in [4.78, 5) is 14.2. The predicted octanol–water partition coefficient (Wildman–Crippen LogP) is 3.22. The monoisotopic (exact) mass is 287 g/mol. The van der Waals surface area contributed by atoms with Gasteiger partial charge in [0, 0.05) is 30.9 Å². The summed E-state index contributed by atoms with van der Waals surface area (Å²) in [5.74, 6) is 0. The van der Waals surface area contributed by atoms with Gasteiger partial charge in [-0.05, 0) is 37.8 Å². The first-order chi connectivity index (χ1) is 10.3. The number of nitrogens with one attached hydrogen (secondary N) is 2. The van der Waals surface area contributed by atoms with Crippen molar-refractivity contribution in [3.05, 3.63) is 30.3 Å². The number of urea groups is 1. The van der Waals surface area contributed by atoms with Gasteiger partial charge in [-0.3, -0.25) is 0 Å². The molecule has 2 amide bonds. The van der Waals surface area contributed by atoms with Crippen LogP contribution in [0.3, 0.4) is 0 Å². The smallest absolute Gasteiger partial charge is 0.317 e. The Kier molecular flexibility index (Phi) is 4.63. The average molecular weight is 287 g/mol. The molecule has 0 spiro atoms. The molecule has 2 fully saturated rings. The quantitative estimate of drug-likeness (QED) is 0.896. The lowest BCUT2D eigenvalue weighted by Gasteiger charge is -2.33. The van der Waals surface area contributed by atoms with E-state index >= 15 is 0 Å². The number of carbonyl (C=O) groups excluding carboxylic acids is 1. The molecule has 0 radical (unpaired) electrons. The zero-order chi connectivity index (χ0) is 14.5. The zero-order valence-electron chi connectivity index (χ0n) is 12.6. The van der Waals surface area contributed by atoms with Crippen molar-refractivity contribution in [3.63, 3.8) is 0 Å². The average Bonchev–Trinajstić information content (AvgIpc) is 3.02. The number of nitrogens with zero attached hydrogens (tertiary/aromatic N) is 1. The van der Waals surface area contributed by atoms with Gasteiger partial charge in [0.05, 0.1) is 0 Å². The van der Waals surface area contributed by atoms with E-state index in [0.29, 0.717) is 12.1 Å². The zero-order valence-corrected chi connectivity index (χ0v) is 12.6. The Balaban J connectivity index is 1.43. The Labute approximate surface area is 126 Å². The SMILES string of the molecule is O=C(NC1CCCC1)N1CCC(Nc2ccccc2)CC1. The third-order valence-electron chi connectivity index (χ3n) is 4.61.